The van der Waals surface area contributed by atoms with Gasteiger partial charge in [0.05, 0.1) is 6.04 Å². The number of rotatable bonds is 0. The van der Waals surface area contributed by atoms with Crippen molar-refractivity contribution in [2.24, 2.45) is 0 Å². The number of hydroxylamine groups is 2. The van der Waals surface area contributed by atoms with Gasteiger partial charge in [0.1, 0.15) is 11.7 Å². The Bertz CT molecular complexity index is 293. The summed E-state index contributed by atoms with van der Waals surface area (Å²) < 4.78 is 5.26. The normalized spacial score (nSPS) is 29.4. The highest BCUT2D eigenvalue weighted by molar-refractivity contribution is 5.68. The molecule has 2 atom stereocenters. The van der Waals surface area contributed by atoms with Gasteiger partial charge in [-0.1, -0.05) is 12.2 Å². The van der Waals surface area contributed by atoms with E-state index in [4.69, 9.17) is 9.57 Å². The number of amides is 1. The maximum atomic E-state index is 11.7. The molecule has 2 bridgehead atoms. The lowest BCUT2D eigenvalue weighted by molar-refractivity contribution is -0.214. The van der Waals surface area contributed by atoms with E-state index >= 15 is 0 Å². The number of carbonyl (C=O) groups is 1. The van der Waals surface area contributed by atoms with Crippen LogP contribution in [0.3, 0.4) is 0 Å². The third-order valence-electron chi connectivity index (χ3n) is 2.42. The maximum absolute atomic E-state index is 11.7. The molecular weight excluding hydrogens is 194 g/mol. The summed E-state index contributed by atoms with van der Waals surface area (Å²) in [7, 11) is 0. The van der Waals surface area contributed by atoms with Gasteiger partial charge in [0.25, 0.3) is 0 Å². The van der Waals surface area contributed by atoms with Crippen LogP contribution in [-0.2, 0) is 9.57 Å². The highest BCUT2D eigenvalue weighted by Gasteiger charge is 2.36. The minimum absolute atomic E-state index is 0.0440. The molecule has 0 radical (unpaired) electrons. The average molecular weight is 211 g/mol. The summed E-state index contributed by atoms with van der Waals surface area (Å²) in [5, 5.41) is 1.36. The SMILES string of the molecule is CC(C)(C)OC(=O)N1OC2C=CC1CC2. The number of hydrogen-bond donors (Lipinski definition) is 0. The second-order valence-corrected chi connectivity index (χ2v) is 4.98. The number of fused-ring (bicyclic) bond motifs is 2. The summed E-state index contributed by atoms with van der Waals surface area (Å²) in [4.78, 5) is 17.2. The minimum atomic E-state index is -0.471. The van der Waals surface area contributed by atoms with Gasteiger partial charge in [0.15, 0.2) is 0 Å². The molecule has 0 aromatic rings. The molecule has 1 aliphatic carbocycles. The van der Waals surface area contributed by atoms with Crippen LogP contribution in [0.2, 0.25) is 0 Å². The second kappa shape index (κ2) is 3.52. The van der Waals surface area contributed by atoms with Crippen molar-refractivity contribution in [3.63, 3.8) is 0 Å². The van der Waals surface area contributed by atoms with Crippen LogP contribution in [0.15, 0.2) is 12.2 Å². The Hall–Kier alpha value is -1.03. The summed E-state index contributed by atoms with van der Waals surface area (Å²) in [6, 6.07) is 0.0462. The molecule has 3 rings (SSSR count). The molecule has 3 aliphatic rings. The molecule has 2 aliphatic heterocycles. The van der Waals surface area contributed by atoms with Gasteiger partial charge >= 0.3 is 6.09 Å². The first-order valence-corrected chi connectivity index (χ1v) is 5.33. The van der Waals surface area contributed by atoms with E-state index in [0.29, 0.717) is 0 Å². The van der Waals surface area contributed by atoms with Crippen LogP contribution in [0.25, 0.3) is 0 Å². The summed E-state index contributed by atoms with van der Waals surface area (Å²) in [6.07, 6.45) is 5.63. The molecule has 4 heteroatoms. The fourth-order valence-electron chi connectivity index (χ4n) is 1.77. The van der Waals surface area contributed by atoms with E-state index in [0.717, 1.165) is 12.8 Å². The quantitative estimate of drug-likeness (QED) is 0.577. The first kappa shape index (κ1) is 10.5. The molecule has 0 saturated carbocycles. The lowest BCUT2D eigenvalue weighted by atomic mass is 9.99. The lowest BCUT2D eigenvalue weighted by Crippen LogP contribution is -2.50. The number of nitrogens with zero attached hydrogens (tertiary/aromatic N) is 1. The van der Waals surface area contributed by atoms with Gasteiger partial charge in [-0.3, -0.25) is 4.84 Å². The number of hydrogen-bond acceptors (Lipinski definition) is 3. The molecule has 1 fully saturated rings. The standard InChI is InChI=1S/C11H17NO3/c1-11(2,3)14-10(13)12-8-4-6-9(15-12)7-5-8/h4,6,8-9H,5,7H2,1-3H3. The average Bonchev–Trinajstić information content (AvgIpc) is 2.17. The third kappa shape index (κ3) is 2.31. The highest BCUT2D eigenvalue weighted by Crippen LogP contribution is 2.28. The van der Waals surface area contributed by atoms with Crippen molar-refractivity contribution >= 4 is 6.09 Å². The van der Waals surface area contributed by atoms with E-state index < -0.39 is 5.60 Å². The summed E-state index contributed by atoms with van der Waals surface area (Å²) >= 11 is 0. The van der Waals surface area contributed by atoms with Crippen LogP contribution in [0, 0.1) is 0 Å². The van der Waals surface area contributed by atoms with Crippen LogP contribution < -0.4 is 0 Å². The second-order valence-electron chi connectivity index (χ2n) is 4.98. The molecule has 2 heterocycles. The molecule has 1 saturated heterocycles. The molecule has 0 N–H and O–H groups in total. The van der Waals surface area contributed by atoms with Crippen LogP contribution in [-0.4, -0.2) is 28.9 Å². The molecule has 1 amide bonds. The van der Waals surface area contributed by atoms with E-state index in [2.05, 4.69) is 0 Å². The van der Waals surface area contributed by atoms with E-state index in [-0.39, 0.29) is 18.2 Å². The van der Waals surface area contributed by atoms with Crippen molar-refractivity contribution in [3.05, 3.63) is 12.2 Å². The molecule has 4 nitrogen and oxygen atoms in total. The zero-order valence-electron chi connectivity index (χ0n) is 9.40. The largest absolute Gasteiger partial charge is 0.442 e. The van der Waals surface area contributed by atoms with Gasteiger partial charge in [0.2, 0.25) is 0 Å². The zero-order valence-corrected chi connectivity index (χ0v) is 9.40. The Kier molecular flexibility index (Phi) is 2.46. The Morgan fingerprint density at radius 3 is 2.53 bits per heavy atom. The summed E-state index contributed by atoms with van der Waals surface area (Å²) in [5.74, 6) is 0. The van der Waals surface area contributed by atoms with Crippen LogP contribution in [0.1, 0.15) is 33.6 Å². The van der Waals surface area contributed by atoms with E-state index in [9.17, 15) is 4.79 Å². The molecule has 15 heavy (non-hydrogen) atoms. The highest BCUT2D eigenvalue weighted by atomic mass is 16.7. The lowest BCUT2D eigenvalue weighted by Gasteiger charge is -2.40. The van der Waals surface area contributed by atoms with Crippen molar-refractivity contribution < 1.29 is 14.4 Å². The molecule has 0 aromatic carbocycles. The fraction of sp³-hybridized carbons (Fsp3) is 0.727. The fourth-order valence-corrected chi connectivity index (χ4v) is 1.77. The van der Waals surface area contributed by atoms with Crippen molar-refractivity contribution in [2.75, 3.05) is 0 Å². The Labute approximate surface area is 89.8 Å². The van der Waals surface area contributed by atoms with Crippen molar-refractivity contribution in [1.29, 1.82) is 0 Å². The van der Waals surface area contributed by atoms with Gasteiger partial charge in [-0.05, 0) is 33.6 Å². The number of ether oxygens (including phenoxy) is 1. The number of carbonyl (C=O) groups excluding carboxylic acids is 1. The summed E-state index contributed by atoms with van der Waals surface area (Å²) in [5.41, 5.74) is -0.471. The van der Waals surface area contributed by atoms with Crippen LogP contribution in [0.4, 0.5) is 4.79 Å². The molecule has 0 spiro atoms. The molecule has 84 valence electrons. The third-order valence-corrected chi connectivity index (χ3v) is 2.42. The summed E-state index contributed by atoms with van der Waals surface area (Å²) in [6.45, 7) is 5.55. The Morgan fingerprint density at radius 1 is 1.40 bits per heavy atom. The van der Waals surface area contributed by atoms with Gasteiger partial charge in [-0.15, -0.1) is 0 Å². The van der Waals surface area contributed by atoms with E-state index in [1.54, 1.807) is 0 Å². The minimum Gasteiger partial charge on any atom is -0.442 e. The van der Waals surface area contributed by atoms with Crippen LogP contribution in [0.5, 0.6) is 0 Å². The first-order valence-electron chi connectivity index (χ1n) is 5.33. The topological polar surface area (TPSA) is 38.8 Å². The van der Waals surface area contributed by atoms with Gasteiger partial charge in [-0.25, -0.2) is 4.79 Å². The first-order chi connectivity index (χ1) is 6.96. The van der Waals surface area contributed by atoms with E-state index in [1.807, 2.05) is 32.9 Å². The van der Waals surface area contributed by atoms with Gasteiger partial charge in [-0.2, -0.15) is 5.06 Å². The van der Waals surface area contributed by atoms with Crippen molar-refractivity contribution in [3.8, 4) is 0 Å². The molecule has 0 aromatic heterocycles. The molecule has 2 unspecified atom stereocenters. The smallest absolute Gasteiger partial charge is 0.435 e. The van der Waals surface area contributed by atoms with Gasteiger partial charge < -0.3 is 4.74 Å². The zero-order chi connectivity index (χ0) is 11.1. The predicted molar refractivity (Wildman–Crippen MR) is 55.1 cm³/mol. The Morgan fingerprint density at radius 2 is 2.13 bits per heavy atom. The predicted octanol–water partition coefficient (Wildman–Crippen LogP) is 2.26. The van der Waals surface area contributed by atoms with Crippen molar-refractivity contribution in [1.82, 2.24) is 5.06 Å². The van der Waals surface area contributed by atoms with Crippen LogP contribution >= 0.6 is 0 Å². The Balaban J connectivity index is 2.01. The maximum Gasteiger partial charge on any atom is 0.435 e. The monoisotopic (exact) mass is 211 g/mol. The van der Waals surface area contributed by atoms with Crippen molar-refractivity contribution in [2.45, 2.75) is 51.4 Å². The van der Waals surface area contributed by atoms with Gasteiger partial charge in [0, 0.05) is 0 Å². The van der Waals surface area contributed by atoms with E-state index in [1.165, 1.54) is 5.06 Å². The molecular formula is C11H17NO3.